The van der Waals surface area contributed by atoms with Gasteiger partial charge >= 0.3 is 0 Å². The third-order valence-electron chi connectivity index (χ3n) is 5.07. The number of benzene rings is 1. The Morgan fingerprint density at radius 3 is 3.00 bits per heavy atom. The number of ether oxygens (including phenoxy) is 1. The van der Waals surface area contributed by atoms with Crippen LogP contribution in [0.3, 0.4) is 0 Å². The number of carbonyl (C=O) groups is 1. The van der Waals surface area contributed by atoms with Crippen LogP contribution in [-0.4, -0.2) is 32.7 Å². The summed E-state index contributed by atoms with van der Waals surface area (Å²) in [5, 5.41) is 6.46. The van der Waals surface area contributed by atoms with E-state index in [9.17, 15) is 4.79 Å². The summed E-state index contributed by atoms with van der Waals surface area (Å²) in [4.78, 5) is 12.5. The van der Waals surface area contributed by atoms with Crippen molar-refractivity contribution < 1.29 is 9.53 Å². The van der Waals surface area contributed by atoms with Crippen molar-refractivity contribution in [2.24, 2.45) is 5.92 Å². The summed E-state index contributed by atoms with van der Waals surface area (Å²) in [6.45, 7) is 2.81. The number of nitrogens with one attached hydrogen (secondary N) is 2. The molecule has 1 aromatic carbocycles. The van der Waals surface area contributed by atoms with Gasteiger partial charge in [-0.3, -0.25) is 4.79 Å². The Morgan fingerprint density at radius 1 is 1.38 bits per heavy atom. The maximum absolute atomic E-state index is 12.5. The topological polar surface area (TPSA) is 50.4 Å². The zero-order valence-electron chi connectivity index (χ0n) is 14.6. The SMILES string of the molecule is COc1ccc(C(=O)NCC2=CCCCC2)cc1CC1CCNC1. The summed E-state index contributed by atoms with van der Waals surface area (Å²) >= 11 is 0. The van der Waals surface area contributed by atoms with Crippen LogP contribution < -0.4 is 15.4 Å². The zero-order chi connectivity index (χ0) is 16.8. The van der Waals surface area contributed by atoms with Gasteiger partial charge in [-0.1, -0.05) is 11.6 Å². The van der Waals surface area contributed by atoms with Crippen molar-refractivity contribution in [2.75, 3.05) is 26.7 Å². The molecular formula is C20H28N2O2. The average Bonchev–Trinajstić information content (AvgIpc) is 3.13. The van der Waals surface area contributed by atoms with E-state index in [0.29, 0.717) is 12.5 Å². The highest BCUT2D eigenvalue weighted by atomic mass is 16.5. The second-order valence-corrected chi connectivity index (χ2v) is 6.88. The van der Waals surface area contributed by atoms with E-state index in [1.807, 2.05) is 18.2 Å². The number of rotatable bonds is 6. The normalized spacial score (nSPS) is 20.5. The summed E-state index contributed by atoms with van der Waals surface area (Å²) in [6.07, 6.45) is 9.20. The number of hydrogen-bond donors (Lipinski definition) is 2. The molecule has 1 fully saturated rings. The quantitative estimate of drug-likeness (QED) is 0.789. The molecule has 4 heteroatoms. The Balaban J connectivity index is 1.65. The number of allylic oxidation sites excluding steroid dienone is 1. The minimum atomic E-state index is 0.00919. The van der Waals surface area contributed by atoms with Crippen LogP contribution in [0.5, 0.6) is 5.75 Å². The first kappa shape index (κ1) is 17.0. The van der Waals surface area contributed by atoms with E-state index in [1.54, 1.807) is 7.11 Å². The summed E-state index contributed by atoms with van der Waals surface area (Å²) in [5.41, 5.74) is 3.23. The molecule has 130 valence electrons. The average molecular weight is 328 g/mol. The van der Waals surface area contributed by atoms with Crippen LogP contribution in [-0.2, 0) is 6.42 Å². The van der Waals surface area contributed by atoms with Gasteiger partial charge in [0.15, 0.2) is 0 Å². The van der Waals surface area contributed by atoms with Crippen molar-refractivity contribution in [1.29, 1.82) is 0 Å². The fourth-order valence-corrected chi connectivity index (χ4v) is 3.64. The maximum Gasteiger partial charge on any atom is 0.251 e. The van der Waals surface area contributed by atoms with Crippen LogP contribution in [0, 0.1) is 5.92 Å². The summed E-state index contributed by atoms with van der Waals surface area (Å²) in [5.74, 6) is 1.52. The molecule has 1 atom stereocenters. The molecule has 1 aliphatic heterocycles. The Hall–Kier alpha value is -1.81. The standard InChI is InChI=1S/C20H28N2O2/c1-24-19-8-7-17(12-18(19)11-16-9-10-21-13-16)20(23)22-14-15-5-3-2-4-6-15/h5,7-8,12,16,21H,2-4,6,9-11,13-14H2,1H3,(H,22,23). The van der Waals surface area contributed by atoms with Gasteiger partial charge in [0.1, 0.15) is 5.75 Å². The zero-order valence-corrected chi connectivity index (χ0v) is 14.6. The minimum absolute atomic E-state index is 0.00919. The predicted molar refractivity (Wildman–Crippen MR) is 96.6 cm³/mol. The molecule has 2 N–H and O–H groups in total. The van der Waals surface area contributed by atoms with Crippen LogP contribution in [0.15, 0.2) is 29.8 Å². The molecule has 1 amide bonds. The second-order valence-electron chi connectivity index (χ2n) is 6.88. The molecule has 2 aliphatic rings. The molecule has 0 spiro atoms. The highest BCUT2D eigenvalue weighted by Gasteiger charge is 2.18. The lowest BCUT2D eigenvalue weighted by molar-refractivity contribution is 0.0956. The van der Waals surface area contributed by atoms with Crippen LogP contribution in [0.25, 0.3) is 0 Å². The Morgan fingerprint density at radius 2 is 2.29 bits per heavy atom. The van der Waals surface area contributed by atoms with Crippen molar-refractivity contribution in [2.45, 2.75) is 38.5 Å². The highest BCUT2D eigenvalue weighted by Crippen LogP contribution is 2.25. The molecule has 1 saturated heterocycles. The molecule has 1 aliphatic carbocycles. The number of amides is 1. The predicted octanol–water partition coefficient (Wildman–Crippen LogP) is 3.08. The molecule has 0 saturated carbocycles. The summed E-state index contributed by atoms with van der Waals surface area (Å²) < 4.78 is 5.48. The van der Waals surface area contributed by atoms with Crippen molar-refractivity contribution in [3.8, 4) is 5.75 Å². The Labute approximate surface area is 144 Å². The van der Waals surface area contributed by atoms with E-state index in [-0.39, 0.29) is 5.91 Å². The van der Waals surface area contributed by atoms with Gasteiger partial charge in [0.2, 0.25) is 0 Å². The van der Waals surface area contributed by atoms with E-state index in [2.05, 4.69) is 16.7 Å². The van der Waals surface area contributed by atoms with Crippen molar-refractivity contribution in [1.82, 2.24) is 10.6 Å². The van der Waals surface area contributed by atoms with Crippen LogP contribution in [0.1, 0.15) is 48.0 Å². The van der Waals surface area contributed by atoms with Gasteiger partial charge in [-0.05, 0) is 81.3 Å². The third-order valence-corrected chi connectivity index (χ3v) is 5.07. The van der Waals surface area contributed by atoms with E-state index < -0.39 is 0 Å². The molecule has 0 aromatic heterocycles. The van der Waals surface area contributed by atoms with Crippen LogP contribution >= 0.6 is 0 Å². The Bertz CT molecular complexity index is 604. The molecule has 1 unspecified atom stereocenters. The molecule has 4 nitrogen and oxygen atoms in total. The Kier molecular flexibility index (Phi) is 5.91. The van der Waals surface area contributed by atoms with Gasteiger partial charge < -0.3 is 15.4 Å². The first-order valence-corrected chi connectivity index (χ1v) is 9.10. The molecule has 0 radical (unpaired) electrons. The van der Waals surface area contributed by atoms with Crippen LogP contribution in [0.2, 0.25) is 0 Å². The fraction of sp³-hybridized carbons (Fsp3) is 0.550. The van der Waals surface area contributed by atoms with E-state index in [4.69, 9.17) is 4.74 Å². The van der Waals surface area contributed by atoms with Gasteiger partial charge in [-0.2, -0.15) is 0 Å². The van der Waals surface area contributed by atoms with Crippen molar-refractivity contribution >= 4 is 5.91 Å². The lowest BCUT2D eigenvalue weighted by Gasteiger charge is -2.15. The summed E-state index contributed by atoms with van der Waals surface area (Å²) in [7, 11) is 1.70. The summed E-state index contributed by atoms with van der Waals surface area (Å²) in [6, 6.07) is 5.79. The van der Waals surface area contributed by atoms with E-state index >= 15 is 0 Å². The molecule has 24 heavy (non-hydrogen) atoms. The third kappa shape index (κ3) is 4.38. The lowest BCUT2D eigenvalue weighted by atomic mass is 9.96. The number of carbonyl (C=O) groups excluding carboxylic acids is 1. The van der Waals surface area contributed by atoms with Gasteiger partial charge in [0.25, 0.3) is 5.91 Å². The van der Waals surface area contributed by atoms with E-state index in [0.717, 1.165) is 49.2 Å². The number of methoxy groups -OCH3 is 1. The molecule has 1 aromatic rings. The van der Waals surface area contributed by atoms with Crippen molar-refractivity contribution in [3.05, 3.63) is 41.0 Å². The van der Waals surface area contributed by atoms with Crippen LogP contribution in [0.4, 0.5) is 0 Å². The fourth-order valence-electron chi connectivity index (χ4n) is 3.64. The van der Waals surface area contributed by atoms with Gasteiger partial charge in [-0.15, -0.1) is 0 Å². The smallest absolute Gasteiger partial charge is 0.251 e. The largest absolute Gasteiger partial charge is 0.496 e. The minimum Gasteiger partial charge on any atom is -0.496 e. The first-order valence-electron chi connectivity index (χ1n) is 9.10. The maximum atomic E-state index is 12.5. The first-order chi connectivity index (χ1) is 11.8. The lowest BCUT2D eigenvalue weighted by Crippen LogP contribution is -2.26. The monoisotopic (exact) mass is 328 g/mol. The second kappa shape index (κ2) is 8.34. The van der Waals surface area contributed by atoms with Gasteiger partial charge in [0.05, 0.1) is 7.11 Å². The van der Waals surface area contributed by atoms with Crippen molar-refractivity contribution in [3.63, 3.8) is 0 Å². The molecule has 1 heterocycles. The molecule has 0 bridgehead atoms. The van der Waals surface area contributed by atoms with Gasteiger partial charge in [0, 0.05) is 12.1 Å². The van der Waals surface area contributed by atoms with E-state index in [1.165, 1.54) is 24.8 Å². The number of hydrogen-bond acceptors (Lipinski definition) is 3. The highest BCUT2D eigenvalue weighted by molar-refractivity contribution is 5.94. The molecular weight excluding hydrogens is 300 g/mol. The van der Waals surface area contributed by atoms with Gasteiger partial charge in [-0.25, -0.2) is 0 Å². The molecule has 3 rings (SSSR count).